The van der Waals surface area contributed by atoms with Crippen LogP contribution in [0.1, 0.15) is 18.4 Å². The molecular formula is C22H20ClN5O3S. The molecule has 3 heterocycles. The predicted molar refractivity (Wildman–Crippen MR) is 123 cm³/mol. The fraction of sp³-hybridized carbons (Fsp3) is 0.227. The maximum absolute atomic E-state index is 12.7. The van der Waals surface area contributed by atoms with E-state index in [-0.39, 0.29) is 17.2 Å². The van der Waals surface area contributed by atoms with Gasteiger partial charge in [0.25, 0.3) is 0 Å². The Labute approximate surface area is 190 Å². The van der Waals surface area contributed by atoms with Crippen molar-refractivity contribution >= 4 is 44.9 Å². The van der Waals surface area contributed by atoms with Gasteiger partial charge in [0, 0.05) is 41.1 Å². The third-order valence-electron chi connectivity index (χ3n) is 5.54. The summed E-state index contributed by atoms with van der Waals surface area (Å²) in [5.74, 6) is 0.181. The summed E-state index contributed by atoms with van der Waals surface area (Å²) in [6, 6.07) is 11.8. The minimum atomic E-state index is -3.46. The molecule has 0 atom stereocenters. The Balaban J connectivity index is 1.43. The van der Waals surface area contributed by atoms with Crippen molar-refractivity contribution in [2.75, 3.05) is 23.7 Å². The van der Waals surface area contributed by atoms with E-state index in [1.807, 2.05) is 6.07 Å². The molecule has 1 amide bonds. The maximum Gasteiger partial charge on any atom is 0.243 e. The molecule has 32 heavy (non-hydrogen) atoms. The van der Waals surface area contributed by atoms with Crippen LogP contribution < -0.4 is 10.6 Å². The van der Waals surface area contributed by atoms with Crippen LogP contribution in [0.15, 0.2) is 53.6 Å². The average molecular weight is 470 g/mol. The van der Waals surface area contributed by atoms with Crippen molar-refractivity contribution in [1.29, 1.82) is 0 Å². The summed E-state index contributed by atoms with van der Waals surface area (Å²) in [4.78, 5) is 21.5. The summed E-state index contributed by atoms with van der Waals surface area (Å²) >= 11 is 6.09. The summed E-state index contributed by atoms with van der Waals surface area (Å²) in [6.45, 7) is 1.13. The maximum atomic E-state index is 12.7. The average Bonchev–Trinajstić information content (AvgIpc) is 3.27. The molecule has 1 aromatic heterocycles. The number of fused-ring (bicyclic) bond motifs is 3. The molecule has 1 saturated heterocycles. The molecule has 2 N–H and O–H groups in total. The Morgan fingerprint density at radius 1 is 1.06 bits per heavy atom. The number of hydrogen-bond acceptors (Lipinski definition) is 6. The van der Waals surface area contributed by atoms with Crippen molar-refractivity contribution in [2.24, 2.45) is 0 Å². The van der Waals surface area contributed by atoms with Crippen LogP contribution in [0.5, 0.6) is 0 Å². The van der Waals surface area contributed by atoms with Crippen LogP contribution in [-0.4, -0.2) is 41.7 Å². The van der Waals surface area contributed by atoms with E-state index in [1.54, 1.807) is 42.6 Å². The molecule has 2 aliphatic rings. The van der Waals surface area contributed by atoms with E-state index < -0.39 is 10.0 Å². The van der Waals surface area contributed by atoms with Gasteiger partial charge in [0.15, 0.2) is 0 Å². The van der Waals surface area contributed by atoms with E-state index in [9.17, 15) is 13.2 Å². The number of rotatable bonds is 4. The van der Waals surface area contributed by atoms with Crippen LogP contribution >= 0.6 is 11.6 Å². The number of anilines is 3. The summed E-state index contributed by atoms with van der Waals surface area (Å²) in [7, 11) is -3.46. The summed E-state index contributed by atoms with van der Waals surface area (Å²) in [5, 5.41) is 6.48. The van der Waals surface area contributed by atoms with Crippen molar-refractivity contribution < 1.29 is 13.2 Å². The zero-order chi connectivity index (χ0) is 22.3. The molecule has 3 aromatic rings. The smallest absolute Gasteiger partial charge is 0.243 e. The largest absolute Gasteiger partial charge is 0.325 e. The monoisotopic (exact) mass is 469 g/mol. The van der Waals surface area contributed by atoms with E-state index >= 15 is 0 Å². The minimum Gasteiger partial charge on any atom is -0.325 e. The fourth-order valence-corrected chi connectivity index (χ4v) is 5.63. The van der Waals surface area contributed by atoms with Gasteiger partial charge in [-0.1, -0.05) is 11.6 Å². The summed E-state index contributed by atoms with van der Waals surface area (Å²) in [6.07, 6.45) is 3.57. The van der Waals surface area contributed by atoms with Crippen molar-refractivity contribution in [2.45, 2.75) is 24.2 Å². The van der Waals surface area contributed by atoms with E-state index in [0.717, 1.165) is 18.4 Å². The Bertz CT molecular complexity index is 1310. The van der Waals surface area contributed by atoms with Crippen molar-refractivity contribution in [1.82, 2.24) is 14.3 Å². The lowest BCUT2D eigenvalue weighted by molar-refractivity contribution is -0.115. The molecule has 2 aromatic carbocycles. The lowest BCUT2D eigenvalue weighted by Crippen LogP contribution is -2.27. The third-order valence-corrected chi connectivity index (χ3v) is 7.69. The highest BCUT2D eigenvalue weighted by atomic mass is 35.5. The highest BCUT2D eigenvalue weighted by Crippen LogP contribution is 2.35. The lowest BCUT2D eigenvalue weighted by atomic mass is 10.1. The number of amides is 1. The number of carbonyl (C=O) groups is 1. The quantitative estimate of drug-likeness (QED) is 0.602. The van der Waals surface area contributed by atoms with Gasteiger partial charge in [-0.15, -0.1) is 0 Å². The van der Waals surface area contributed by atoms with E-state index in [0.29, 0.717) is 46.7 Å². The van der Waals surface area contributed by atoms with Gasteiger partial charge in [-0.25, -0.2) is 18.4 Å². The molecule has 0 saturated carbocycles. The van der Waals surface area contributed by atoms with Gasteiger partial charge >= 0.3 is 0 Å². The van der Waals surface area contributed by atoms with Gasteiger partial charge in [-0.05, 0) is 55.3 Å². The first-order valence-electron chi connectivity index (χ1n) is 10.2. The molecule has 0 radical (unpaired) electrons. The number of aromatic nitrogens is 2. The summed E-state index contributed by atoms with van der Waals surface area (Å²) in [5.41, 5.74) is 3.36. The zero-order valence-corrected chi connectivity index (χ0v) is 18.6. The van der Waals surface area contributed by atoms with E-state index in [4.69, 9.17) is 11.6 Å². The number of benzene rings is 2. The molecule has 0 spiro atoms. The van der Waals surface area contributed by atoms with Gasteiger partial charge in [0.2, 0.25) is 21.9 Å². The normalized spacial score (nSPS) is 16.1. The standard InChI is InChI=1S/C22H20ClN5O3S/c23-15-3-8-18-19(12-15)26-20(29)11-14-13-24-22(27-21(14)18)25-16-4-6-17(7-5-16)32(30,31)28-9-1-2-10-28/h3-8,12-13H,1-2,9-11H2,(H,26,29)(H,24,25,27). The van der Waals surface area contributed by atoms with E-state index in [1.165, 1.54) is 4.31 Å². The van der Waals surface area contributed by atoms with Crippen LogP contribution in [0.4, 0.5) is 17.3 Å². The fourth-order valence-electron chi connectivity index (χ4n) is 3.94. The molecule has 10 heteroatoms. The van der Waals surface area contributed by atoms with Crippen molar-refractivity contribution in [3.05, 3.63) is 59.2 Å². The zero-order valence-electron chi connectivity index (χ0n) is 17.0. The van der Waals surface area contributed by atoms with Crippen LogP contribution in [0.25, 0.3) is 11.3 Å². The lowest BCUT2D eigenvalue weighted by Gasteiger charge is -2.16. The topological polar surface area (TPSA) is 104 Å². The second-order valence-corrected chi connectivity index (χ2v) is 10.1. The number of halogens is 1. The van der Waals surface area contributed by atoms with Gasteiger partial charge in [-0.3, -0.25) is 4.79 Å². The van der Waals surface area contributed by atoms with Crippen LogP contribution in [0.2, 0.25) is 5.02 Å². The van der Waals surface area contributed by atoms with Crippen LogP contribution in [-0.2, 0) is 21.2 Å². The van der Waals surface area contributed by atoms with E-state index in [2.05, 4.69) is 20.6 Å². The number of nitrogens with zero attached hydrogens (tertiary/aromatic N) is 3. The number of hydrogen-bond donors (Lipinski definition) is 2. The Morgan fingerprint density at radius 2 is 1.81 bits per heavy atom. The molecule has 0 bridgehead atoms. The first-order valence-corrected chi connectivity index (χ1v) is 12.0. The van der Waals surface area contributed by atoms with Gasteiger partial charge in [-0.2, -0.15) is 4.31 Å². The molecule has 1 fully saturated rings. The molecule has 164 valence electrons. The molecule has 8 nitrogen and oxygen atoms in total. The number of sulfonamides is 1. The first-order chi connectivity index (χ1) is 15.4. The second-order valence-electron chi connectivity index (χ2n) is 7.74. The highest BCUT2D eigenvalue weighted by Gasteiger charge is 2.27. The van der Waals surface area contributed by atoms with Gasteiger partial charge in [0.05, 0.1) is 22.7 Å². The number of carbonyl (C=O) groups excluding carboxylic acids is 1. The highest BCUT2D eigenvalue weighted by molar-refractivity contribution is 7.89. The minimum absolute atomic E-state index is 0.158. The van der Waals surface area contributed by atoms with Gasteiger partial charge in [0.1, 0.15) is 0 Å². The van der Waals surface area contributed by atoms with Crippen LogP contribution in [0, 0.1) is 0 Å². The Kier molecular flexibility index (Phi) is 5.32. The predicted octanol–water partition coefficient (Wildman–Crippen LogP) is 3.82. The molecule has 5 rings (SSSR count). The summed E-state index contributed by atoms with van der Waals surface area (Å²) < 4.78 is 26.9. The molecule has 0 unspecified atom stereocenters. The molecular weight excluding hydrogens is 450 g/mol. The van der Waals surface area contributed by atoms with Crippen LogP contribution in [0.3, 0.4) is 0 Å². The van der Waals surface area contributed by atoms with Crippen molar-refractivity contribution in [3.63, 3.8) is 0 Å². The molecule has 2 aliphatic heterocycles. The Morgan fingerprint density at radius 3 is 2.56 bits per heavy atom. The molecule has 0 aliphatic carbocycles. The Hall–Kier alpha value is -3.01. The second kappa shape index (κ2) is 8.16. The van der Waals surface area contributed by atoms with Gasteiger partial charge < -0.3 is 10.6 Å². The third kappa shape index (κ3) is 3.94. The number of nitrogens with one attached hydrogen (secondary N) is 2. The first kappa shape index (κ1) is 20.9. The SMILES string of the molecule is O=C1Cc2cnc(Nc3ccc(S(=O)(=O)N4CCCC4)cc3)nc2-c2ccc(Cl)cc2N1. The van der Waals surface area contributed by atoms with Crippen molar-refractivity contribution in [3.8, 4) is 11.3 Å².